The van der Waals surface area contributed by atoms with Crippen molar-refractivity contribution < 1.29 is 0 Å². The maximum atomic E-state index is 2.42. The summed E-state index contributed by atoms with van der Waals surface area (Å²) >= 11 is 0. The minimum atomic E-state index is 0.789. The SMILES string of the molecule is CCCCC[C@H]1CC[C@H](c2ccc(-c3ccc([C@H]4CC[C@H](CCC)CC4)cc3)cc2)CC1. The molecule has 0 aromatic heterocycles. The van der Waals surface area contributed by atoms with Gasteiger partial charge >= 0.3 is 0 Å². The zero-order valence-electron chi connectivity index (χ0n) is 20.8. The van der Waals surface area contributed by atoms with Crippen molar-refractivity contribution in [2.75, 3.05) is 0 Å². The van der Waals surface area contributed by atoms with Gasteiger partial charge in [0.2, 0.25) is 0 Å². The number of hydrogen-bond acceptors (Lipinski definition) is 0. The fourth-order valence-electron chi connectivity index (χ4n) is 6.56. The first-order valence-corrected chi connectivity index (χ1v) is 14.0. The van der Waals surface area contributed by atoms with Crippen LogP contribution < -0.4 is 0 Å². The van der Waals surface area contributed by atoms with Crippen LogP contribution in [-0.4, -0.2) is 0 Å². The van der Waals surface area contributed by atoms with E-state index in [-0.39, 0.29) is 0 Å². The zero-order chi connectivity index (χ0) is 22.2. The van der Waals surface area contributed by atoms with Crippen LogP contribution in [0.1, 0.15) is 127 Å². The molecule has 0 amide bonds. The van der Waals surface area contributed by atoms with Crippen molar-refractivity contribution in [2.45, 2.75) is 116 Å². The summed E-state index contributed by atoms with van der Waals surface area (Å²) in [4.78, 5) is 0. The van der Waals surface area contributed by atoms with Gasteiger partial charge in [-0.25, -0.2) is 0 Å². The standard InChI is InChI=1S/C32H46/c1-3-5-6-8-26-11-15-28(16-12-26)30-19-23-32(24-20-30)31-21-17-29(18-22-31)27-13-9-25(7-4-2)10-14-27/h17-28H,3-16H2,1-2H3/t25-,26-,27-,28-. The van der Waals surface area contributed by atoms with E-state index in [1.807, 2.05) is 0 Å². The van der Waals surface area contributed by atoms with E-state index in [0.29, 0.717) is 0 Å². The van der Waals surface area contributed by atoms with Gasteiger partial charge < -0.3 is 0 Å². The second kappa shape index (κ2) is 12.1. The molecule has 0 heterocycles. The Morgan fingerprint density at radius 3 is 1.34 bits per heavy atom. The molecule has 4 rings (SSSR count). The lowest BCUT2D eigenvalue weighted by Gasteiger charge is -2.29. The number of rotatable bonds is 9. The van der Waals surface area contributed by atoms with Crippen LogP contribution in [0.25, 0.3) is 11.1 Å². The fourth-order valence-corrected chi connectivity index (χ4v) is 6.56. The van der Waals surface area contributed by atoms with Crippen LogP contribution in [0, 0.1) is 11.8 Å². The number of unbranched alkanes of at least 4 members (excludes halogenated alkanes) is 2. The molecule has 0 bridgehead atoms. The van der Waals surface area contributed by atoms with Crippen LogP contribution in [0.2, 0.25) is 0 Å². The van der Waals surface area contributed by atoms with Gasteiger partial charge in [0.05, 0.1) is 0 Å². The molecule has 0 atom stereocenters. The van der Waals surface area contributed by atoms with Crippen LogP contribution in [0.5, 0.6) is 0 Å². The zero-order valence-corrected chi connectivity index (χ0v) is 20.8. The fraction of sp³-hybridized carbons (Fsp3) is 0.625. The average Bonchev–Trinajstić information content (AvgIpc) is 2.86. The highest BCUT2D eigenvalue weighted by atomic mass is 14.3. The first kappa shape index (κ1) is 23.6. The molecule has 0 aliphatic heterocycles. The molecule has 32 heavy (non-hydrogen) atoms. The molecule has 174 valence electrons. The summed E-state index contributed by atoms with van der Waals surface area (Å²) in [5.74, 6) is 3.57. The van der Waals surface area contributed by atoms with Gasteiger partial charge in [-0.1, -0.05) is 101 Å². The van der Waals surface area contributed by atoms with Crippen LogP contribution in [0.4, 0.5) is 0 Å². The number of benzene rings is 2. The van der Waals surface area contributed by atoms with Crippen molar-refractivity contribution in [2.24, 2.45) is 11.8 Å². The van der Waals surface area contributed by atoms with Crippen LogP contribution in [0.3, 0.4) is 0 Å². The third kappa shape index (κ3) is 6.27. The minimum Gasteiger partial charge on any atom is -0.0654 e. The summed E-state index contributed by atoms with van der Waals surface area (Å²) in [7, 11) is 0. The van der Waals surface area contributed by atoms with Crippen molar-refractivity contribution >= 4 is 0 Å². The van der Waals surface area contributed by atoms with Gasteiger partial charge in [0.15, 0.2) is 0 Å². The van der Waals surface area contributed by atoms with Gasteiger partial charge in [-0.3, -0.25) is 0 Å². The van der Waals surface area contributed by atoms with Crippen LogP contribution >= 0.6 is 0 Å². The Hall–Kier alpha value is -1.56. The molecule has 2 aromatic carbocycles. The molecule has 0 spiro atoms. The Balaban J connectivity index is 1.29. The van der Waals surface area contributed by atoms with Crippen molar-refractivity contribution in [3.8, 4) is 11.1 Å². The van der Waals surface area contributed by atoms with E-state index < -0.39 is 0 Å². The lowest BCUT2D eigenvalue weighted by Crippen LogP contribution is -2.13. The molecule has 0 nitrogen and oxygen atoms in total. The lowest BCUT2D eigenvalue weighted by molar-refractivity contribution is 0.303. The highest BCUT2D eigenvalue weighted by Crippen LogP contribution is 2.39. The smallest absolute Gasteiger partial charge is 0.0162 e. The molecule has 0 saturated heterocycles. The molecular weight excluding hydrogens is 384 g/mol. The van der Waals surface area contributed by atoms with Crippen molar-refractivity contribution in [1.29, 1.82) is 0 Å². The summed E-state index contributed by atoms with van der Waals surface area (Å²) in [6.07, 6.45) is 19.8. The van der Waals surface area contributed by atoms with Gasteiger partial charge in [0, 0.05) is 0 Å². The largest absolute Gasteiger partial charge is 0.0654 e. The molecule has 0 N–H and O–H groups in total. The Morgan fingerprint density at radius 1 is 0.500 bits per heavy atom. The summed E-state index contributed by atoms with van der Waals surface area (Å²) < 4.78 is 0. The van der Waals surface area contributed by atoms with E-state index in [9.17, 15) is 0 Å². The summed E-state index contributed by atoms with van der Waals surface area (Å²) in [5, 5.41) is 0. The molecule has 0 unspecified atom stereocenters. The lowest BCUT2D eigenvalue weighted by atomic mass is 9.76. The third-order valence-electron chi connectivity index (χ3n) is 8.70. The Bertz CT molecular complexity index is 768. The normalized spacial score (nSPS) is 26.2. The highest BCUT2D eigenvalue weighted by molar-refractivity contribution is 5.64. The van der Waals surface area contributed by atoms with E-state index in [4.69, 9.17) is 0 Å². The van der Waals surface area contributed by atoms with Crippen molar-refractivity contribution in [3.05, 3.63) is 59.7 Å². The second-order valence-electron chi connectivity index (χ2n) is 11.0. The first-order valence-electron chi connectivity index (χ1n) is 14.0. The van der Waals surface area contributed by atoms with E-state index >= 15 is 0 Å². The summed E-state index contributed by atoms with van der Waals surface area (Å²) in [5.41, 5.74) is 5.89. The predicted molar refractivity (Wildman–Crippen MR) is 140 cm³/mol. The summed E-state index contributed by atoms with van der Waals surface area (Å²) in [6.45, 7) is 4.64. The average molecular weight is 431 g/mol. The quantitative estimate of drug-likeness (QED) is 0.347. The monoisotopic (exact) mass is 430 g/mol. The van der Waals surface area contributed by atoms with Crippen LogP contribution in [0.15, 0.2) is 48.5 Å². The van der Waals surface area contributed by atoms with Gasteiger partial charge in [-0.15, -0.1) is 0 Å². The predicted octanol–water partition coefficient (Wildman–Crippen LogP) is 10.3. The van der Waals surface area contributed by atoms with Crippen molar-refractivity contribution in [3.63, 3.8) is 0 Å². The molecule has 2 saturated carbocycles. The summed E-state index contributed by atoms with van der Waals surface area (Å²) in [6, 6.07) is 19.1. The Kier molecular flexibility index (Phi) is 8.89. The highest BCUT2D eigenvalue weighted by Gasteiger charge is 2.23. The van der Waals surface area contributed by atoms with E-state index in [2.05, 4.69) is 62.4 Å². The second-order valence-corrected chi connectivity index (χ2v) is 11.0. The maximum absolute atomic E-state index is 2.42. The Morgan fingerprint density at radius 2 is 0.938 bits per heavy atom. The maximum Gasteiger partial charge on any atom is -0.0162 e. The molecule has 2 fully saturated rings. The van der Waals surface area contributed by atoms with Gasteiger partial charge in [0.1, 0.15) is 0 Å². The molecule has 0 radical (unpaired) electrons. The van der Waals surface area contributed by atoms with E-state index in [1.54, 1.807) is 11.1 Å². The van der Waals surface area contributed by atoms with Gasteiger partial charge in [-0.05, 0) is 97.3 Å². The molecule has 2 aliphatic carbocycles. The minimum absolute atomic E-state index is 0.789. The molecular formula is C32H46. The van der Waals surface area contributed by atoms with E-state index in [0.717, 1.165) is 23.7 Å². The number of hydrogen-bond donors (Lipinski definition) is 0. The third-order valence-corrected chi connectivity index (χ3v) is 8.70. The first-order chi connectivity index (χ1) is 15.8. The molecule has 2 aromatic rings. The van der Waals surface area contributed by atoms with Gasteiger partial charge in [0.25, 0.3) is 0 Å². The van der Waals surface area contributed by atoms with Crippen molar-refractivity contribution in [1.82, 2.24) is 0 Å². The topological polar surface area (TPSA) is 0 Å². The van der Waals surface area contributed by atoms with Crippen LogP contribution in [-0.2, 0) is 0 Å². The Labute approximate surface area is 198 Å². The van der Waals surface area contributed by atoms with E-state index in [1.165, 1.54) is 101 Å². The van der Waals surface area contributed by atoms with Gasteiger partial charge in [-0.2, -0.15) is 0 Å². The molecule has 2 aliphatic rings. The molecule has 0 heteroatoms.